The molecule has 2 heterocycles. The van der Waals surface area contributed by atoms with Crippen molar-refractivity contribution in [2.24, 2.45) is 29.4 Å². The summed E-state index contributed by atoms with van der Waals surface area (Å²) < 4.78 is 6.26. The molecule has 80 heavy (non-hydrogen) atoms. The number of amides is 7. The second-order valence-corrected chi connectivity index (χ2v) is 23.9. The van der Waals surface area contributed by atoms with E-state index in [4.69, 9.17) is 10.5 Å². The van der Waals surface area contributed by atoms with Gasteiger partial charge >= 0.3 is 18.0 Å². The number of ether oxygens (including phenoxy) is 1. The average Bonchev–Trinajstić information content (AvgIpc) is 3.93. The summed E-state index contributed by atoms with van der Waals surface area (Å²) >= 11 is 1.15. The molecule has 1 aromatic heterocycles. The number of carbonyl (C=O) groups is 8. The van der Waals surface area contributed by atoms with Gasteiger partial charge in [0, 0.05) is 68.1 Å². The number of quaternary nitrogens is 1. The highest BCUT2D eigenvalue weighted by molar-refractivity contribution is 7.09. The first-order valence-electron chi connectivity index (χ1n) is 28.3. The zero-order valence-electron chi connectivity index (χ0n) is 49.1. The molecule has 9 N–H and O–H groups in total. The fourth-order valence-electron chi connectivity index (χ4n) is 10.4. The van der Waals surface area contributed by atoms with Crippen molar-refractivity contribution in [2.75, 3.05) is 32.5 Å². The molecule has 20 nitrogen and oxygen atoms in total. The molecule has 3 aromatic rings. The van der Waals surface area contributed by atoms with Gasteiger partial charge in [-0.15, -0.1) is 11.3 Å². The van der Waals surface area contributed by atoms with E-state index in [-0.39, 0.29) is 73.0 Å². The van der Waals surface area contributed by atoms with Crippen molar-refractivity contribution in [2.45, 2.75) is 182 Å². The summed E-state index contributed by atoms with van der Waals surface area (Å²) in [5.74, 6) is -4.38. The Balaban J connectivity index is 1.49. The average molecular weight is 1130 g/mol. The highest BCUT2D eigenvalue weighted by atomic mass is 32.1. The molecule has 1 unspecified atom stereocenters. The van der Waals surface area contributed by atoms with Crippen molar-refractivity contribution >= 4 is 64.5 Å². The number of thiazole rings is 1. The van der Waals surface area contributed by atoms with Crippen molar-refractivity contribution in [1.82, 2.24) is 36.5 Å². The minimum absolute atomic E-state index is 0.0364. The first kappa shape index (κ1) is 66.1. The number of nitrogens with two attached hydrogens (primary N) is 1. The summed E-state index contributed by atoms with van der Waals surface area (Å²) in [6.07, 6.45) is 3.46. The molecule has 1 aliphatic rings. The van der Waals surface area contributed by atoms with Crippen LogP contribution in [0.1, 0.15) is 153 Å². The molecule has 21 heteroatoms. The third-order valence-corrected chi connectivity index (χ3v) is 16.1. The van der Waals surface area contributed by atoms with E-state index in [9.17, 15) is 43.5 Å². The van der Waals surface area contributed by atoms with Gasteiger partial charge in [-0.2, -0.15) is 0 Å². The number of aliphatic carboxylic acids is 1. The van der Waals surface area contributed by atoms with Crippen LogP contribution in [0.15, 0.2) is 60.0 Å². The molecule has 4 rings (SSSR count). The molecular formula is C59H91N10O10S+. The predicted molar refractivity (Wildman–Crippen MR) is 310 cm³/mol. The number of urea groups is 1. The Hall–Kier alpha value is -6.45. The van der Waals surface area contributed by atoms with Gasteiger partial charge in [-0.3, -0.25) is 33.6 Å². The molecule has 10 atom stereocenters. The molecule has 1 aliphatic heterocycles. The van der Waals surface area contributed by atoms with E-state index >= 15 is 0 Å². The molecule has 0 aliphatic carbocycles. The number of hydrogen-bond donors (Lipinski definition) is 8. The van der Waals surface area contributed by atoms with Crippen LogP contribution in [0.4, 0.5) is 10.5 Å². The summed E-state index contributed by atoms with van der Waals surface area (Å²) in [7, 11) is 3.76. The van der Waals surface area contributed by atoms with Gasteiger partial charge in [0.05, 0.1) is 25.6 Å². The number of anilines is 1. The Morgan fingerprint density at radius 3 is 2.11 bits per heavy atom. The van der Waals surface area contributed by atoms with Gasteiger partial charge in [0.15, 0.2) is 12.1 Å². The van der Waals surface area contributed by atoms with Crippen LogP contribution in [0.25, 0.3) is 0 Å². The quantitative estimate of drug-likeness (QED) is 0.0190. The fraction of sp³-hybridized carbons (Fsp3) is 0.610. The maximum Gasteiger partial charge on any atom is 0.312 e. The Labute approximate surface area is 477 Å². The van der Waals surface area contributed by atoms with Crippen molar-refractivity contribution in [1.29, 1.82) is 0 Å². The number of primary amides is 1. The maximum atomic E-state index is 14.9. The summed E-state index contributed by atoms with van der Waals surface area (Å²) in [5.41, 5.74) is 7.74. The van der Waals surface area contributed by atoms with Crippen LogP contribution in [-0.2, 0) is 46.5 Å². The van der Waals surface area contributed by atoms with Crippen LogP contribution in [0.5, 0.6) is 0 Å². The number of piperidine rings is 1. The van der Waals surface area contributed by atoms with Crippen LogP contribution >= 0.6 is 11.3 Å². The number of hydrogen-bond acceptors (Lipinski definition) is 12. The molecule has 1 saturated heterocycles. The molecule has 2 aromatic carbocycles. The lowest BCUT2D eigenvalue weighted by Crippen LogP contribution is -2.63. The first-order chi connectivity index (χ1) is 37.7. The summed E-state index contributed by atoms with van der Waals surface area (Å²) in [6, 6.07) is 12.5. The molecule has 7 amide bonds. The van der Waals surface area contributed by atoms with Crippen molar-refractivity contribution in [3.8, 4) is 0 Å². The highest BCUT2D eigenvalue weighted by Gasteiger charge is 2.44. The number of nitrogens with one attached hydrogen (secondary N) is 6. The second-order valence-electron chi connectivity index (χ2n) is 23.0. The van der Waals surface area contributed by atoms with E-state index in [0.29, 0.717) is 47.4 Å². The van der Waals surface area contributed by atoms with Crippen LogP contribution in [0.2, 0.25) is 0 Å². The number of carboxylic acids is 1. The lowest BCUT2D eigenvalue weighted by atomic mass is 9.92. The van der Waals surface area contributed by atoms with Gasteiger partial charge in [-0.05, 0) is 74.0 Å². The topological polar surface area (TPSA) is 280 Å². The van der Waals surface area contributed by atoms with Gasteiger partial charge < -0.3 is 56.9 Å². The van der Waals surface area contributed by atoms with E-state index in [1.807, 2.05) is 97.9 Å². The third-order valence-electron chi connectivity index (χ3n) is 15.2. The van der Waals surface area contributed by atoms with E-state index in [2.05, 4.69) is 43.9 Å². The second kappa shape index (κ2) is 31.5. The zero-order chi connectivity index (χ0) is 59.4. The number of aromatic nitrogens is 1. The number of likely N-dealkylation sites (N-methyl/N-ethyl adjacent to an activating group) is 2. The maximum absolute atomic E-state index is 14.9. The number of nitrogens with zero attached hydrogens (tertiary/aromatic N) is 3. The number of rotatable bonds is 31. The smallest absolute Gasteiger partial charge is 0.312 e. The van der Waals surface area contributed by atoms with E-state index in [1.54, 1.807) is 36.4 Å². The summed E-state index contributed by atoms with van der Waals surface area (Å²) in [6.45, 7) is 20.0. The molecule has 0 saturated carbocycles. The Kier molecular flexibility index (Phi) is 26.0. The minimum Gasteiger partial charge on any atom is -0.481 e. The molecule has 0 spiro atoms. The summed E-state index contributed by atoms with van der Waals surface area (Å²) in [5, 5.41) is 29.5. The highest BCUT2D eigenvalue weighted by Crippen LogP contribution is 2.32. The van der Waals surface area contributed by atoms with E-state index in [0.717, 1.165) is 41.9 Å². The zero-order valence-corrected chi connectivity index (χ0v) is 50.0. The van der Waals surface area contributed by atoms with E-state index in [1.165, 1.54) is 6.92 Å². The van der Waals surface area contributed by atoms with Gasteiger partial charge in [0.25, 0.3) is 11.8 Å². The number of carboxylic acid groups (broad SMARTS) is 1. The summed E-state index contributed by atoms with van der Waals surface area (Å²) in [4.78, 5) is 113. The predicted octanol–water partition coefficient (Wildman–Crippen LogP) is 6.70. The Bertz CT molecular complexity index is 2530. The van der Waals surface area contributed by atoms with Crippen LogP contribution < -0.4 is 37.6 Å². The SMILES string of the molecule is CC[C@H](C)[C@H](NC(=O)[C@H]1CCCC[N+]1(C)Cc1ccc(NC(=O)[C@H](CCCNC(N)=O)NC(=O)[C@@H](NC(C)C)C(C)C)cc1)C(=O)N(C)[C@H](C[C@@H](OC(C)=O)c1nc(C(=O)N[C@@H](Cc2ccccc2)C[C@H](C)C(=O)O)cs1)C(C)C. The number of carbonyl (C=O) groups excluding carboxylic acids is 7. The van der Waals surface area contributed by atoms with Crippen LogP contribution in [0.3, 0.4) is 0 Å². The Morgan fingerprint density at radius 2 is 1.52 bits per heavy atom. The largest absolute Gasteiger partial charge is 0.481 e. The third kappa shape index (κ3) is 20.3. The van der Waals surface area contributed by atoms with Gasteiger partial charge in [-0.1, -0.05) is 111 Å². The van der Waals surface area contributed by atoms with Crippen LogP contribution in [0, 0.1) is 23.7 Å². The lowest BCUT2D eigenvalue weighted by Gasteiger charge is -2.44. The fourth-order valence-corrected chi connectivity index (χ4v) is 11.3. The number of benzene rings is 2. The first-order valence-corrected chi connectivity index (χ1v) is 29.2. The number of esters is 1. The molecular weight excluding hydrogens is 1040 g/mol. The molecule has 442 valence electrons. The van der Waals surface area contributed by atoms with Gasteiger partial charge in [-0.25, -0.2) is 9.78 Å². The lowest BCUT2D eigenvalue weighted by molar-refractivity contribution is -0.942. The Morgan fingerprint density at radius 1 is 0.850 bits per heavy atom. The van der Waals surface area contributed by atoms with Gasteiger partial charge in [0.1, 0.15) is 29.3 Å². The number of likely N-dealkylation sites (tertiary alicyclic amines) is 1. The van der Waals surface area contributed by atoms with Gasteiger partial charge in [0.2, 0.25) is 17.7 Å². The minimum atomic E-state index is -0.969. The van der Waals surface area contributed by atoms with Crippen molar-refractivity contribution < 1.29 is 52.7 Å². The normalized spacial score (nSPS) is 18.4. The molecule has 1 fully saturated rings. The van der Waals surface area contributed by atoms with Crippen molar-refractivity contribution in [3.05, 3.63) is 81.8 Å². The monoisotopic (exact) mass is 1130 g/mol. The van der Waals surface area contributed by atoms with Crippen LogP contribution in [-0.4, -0.2) is 136 Å². The van der Waals surface area contributed by atoms with Crippen molar-refractivity contribution in [3.63, 3.8) is 0 Å². The molecule has 0 bridgehead atoms. The van der Waals surface area contributed by atoms with E-state index < -0.39 is 78.1 Å². The molecule has 0 radical (unpaired) electrons. The standard InChI is InChI=1S/C59H90N10O10S/c1-13-38(8)51(57(75)68(11)47(35(2)3)32-49(79-40(10)70)56-66-46(34-80-56)53(72)64-44(30-39(9)58(76)77)31-41-20-15-14-16-21-41)67-54(73)48-23-17-18-29-69(48,12)33-42-24-26-43(27-25-42)63-52(71)45(22-19-28-61-59(60)78)65-55(74)50(36(4)5)62-37(6)7/h14-16,20-21,24-27,34-39,44-45,47-51,62H,13,17-19,22-23,28-33H2,1-12H3,(H7-,60,61,63,64,65,67,71,72,73,74,76,77,78)/p+1/t38-,39-,44+,45-,47+,48+,49+,50-,51-,69?/m0/s1.